The normalized spacial score (nSPS) is 19.1. The Morgan fingerprint density at radius 3 is 2.56 bits per heavy atom. The molecule has 0 saturated carbocycles. The Kier molecular flexibility index (Phi) is 8.56. The summed E-state index contributed by atoms with van der Waals surface area (Å²) in [4.78, 5) is 17.2. The fourth-order valence-electron chi connectivity index (χ4n) is 4.61. The minimum absolute atomic E-state index is 0.00678. The van der Waals surface area contributed by atoms with Gasteiger partial charge in [-0.25, -0.2) is 0 Å². The van der Waals surface area contributed by atoms with Crippen LogP contribution in [0.25, 0.3) is 0 Å². The Hall–Kier alpha value is -1.93. The number of morpholine rings is 1. The highest BCUT2D eigenvalue weighted by molar-refractivity contribution is 7.07. The van der Waals surface area contributed by atoms with Gasteiger partial charge in [-0.05, 0) is 72.8 Å². The molecule has 2 aliphatic rings. The Morgan fingerprint density at radius 2 is 1.88 bits per heavy atom. The van der Waals surface area contributed by atoms with E-state index in [-0.39, 0.29) is 5.91 Å². The zero-order chi connectivity index (χ0) is 22.2. The molecule has 2 aliphatic heterocycles. The summed E-state index contributed by atoms with van der Waals surface area (Å²) in [5.41, 5.74) is 3.37. The molecule has 0 radical (unpaired) electrons. The monoisotopic (exact) mass is 456 g/mol. The van der Waals surface area contributed by atoms with Gasteiger partial charge in [0.2, 0.25) is 0 Å². The van der Waals surface area contributed by atoms with E-state index < -0.39 is 0 Å². The molecule has 2 N–H and O–H groups in total. The number of rotatable bonds is 9. The first-order chi connectivity index (χ1) is 15.7. The van der Waals surface area contributed by atoms with Crippen molar-refractivity contribution in [2.24, 2.45) is 0 Å². The van der Waals surface area contributed by atoms with Gasteiger partial charge in [0, 0.05) is 62.6 Å². The van der Waals surface area contributed by atoms with Crippen LogP contribution in [0.2, 0.25) is 0 Å². The highest BCUT2D eigenvalue weighted by Crippen LogP contribution is 2.21. The molecule has 1 unspecified atom stereocenters. The van der Waals surface area contributed by atoms with Gasteiger partial charge in [0.05, 0.1) is 13.2 Å². The Bertz CT molecular complexity index is 813. The van der Waals surface area contributed by atoms with Crippen molar-refractivity contribution >= 4 is 22.9 Å². The van der Waals surface area contributed by atoms with Gasteiger partial charge in [-0.15, -0.1) is 0 Å². The van der Waals surface area contributed by atoms with Gasteiger partial charge < -0.3 is 20.3 Å². The first-order valence-corrected chi connectivity index (χ1v) is 12.8. The van der Waals surface area contributed by atoms with E-state index in [4.69, 9.17) is 4.74 Å². The number of amides is 1. The molecule has 6 nitrogen and oxygen atoms in total. The van der Waals surface area contributed by atoms with E-state index >= 15 is 0 Å². The second kappa shape index (κ2) is 11.8. The summed E-state index contributed by atoms with van der Waals surface area (Å²) in [5.74, 6) is 0.00678. The number of piperidine rings is 1. The molecule has 2 saturated heterocycles. The third-order valence-electron chi connectivity index (χ3n) is 6.45. The number of nitrogens with zero attached hydrogens (tertiary/aromatic N) is 2. The van der Waals surface area contributed by atoms with Crippen LogP contribution in [0.5, 0.6) is 0 Å². The summed E-state index contributed by atoms with van der Waals surface area (Å²) < 4.78 is 5.36. The third-order valence-corrected chi connectivity index (χ3v) is 7.18. The van der Waals surface area contributed by atoms with Crippen molar-refractivity contribution in [1.29, 1.82) is 0 Å². The molecule has 7 heteroatoms. The van der Waals surface area contributed by atoms with E-state index in [1.807, 2.05) is 12.1 Å². The number of anilines is 1. The number of hydrogen-bond donors (Lipinski definition) is 2. The van der Waals surface area contributed by atoms with E-state index in [0.717, 1.165) is 70.8 Å². The van der Waals surface area contributed by atoms with Crippen LogP contribution in [-0.4, -0.2) is 75.4 Å². The maximum absolute atomic E-state index is 12.5. The van der Waals surface area contributed by atoms with Gasteiger partial charge in [-0.3, -0.25) is 9.69 Å². The molecule has 1 aromatic carbocycles. The molecule has 174 valence electrons. The number of benzene rings is 1. The third kappa shape index (κ3) is 6.78. The van der Waals surface area contributed by atoms with Gasteiger partial charge in [0.25, 0.3) is 5.91 Å². The molecule has 2 fully saturated rings. The second-order valence-corrected chi connectivity index (χ2v) is 9.70. The smallest absolute Gasteiger partial charge is 0.251 e. The van der Waals surface area contributed by atoms with E-state index in [2.05, 4.69) is 56.3 Å². The molecule has 0 spiro atoms. The lowest BCUT2D eigenvalue weighted by molar-refractivity contribution is 0.0383. The van der Waals surface area contributed by atoms with Crippen molar-refractivity contribution in [3.05, 3.63) is 52.2 Å². The highest BCUT2D eigenvalue weighted by Gasteiger charge is 2.21. The molecule has 1 amide bonds. The van der Waals surface area contributed by atoms with Crippen LogP contribution in [0.15, 0.2) is 41.1 Å². The van der Waals surface area contributed by atoms with E-state index in [0.29, 0.717) is 18.6 Å². The van der Waals surface area contributed by atoms with Crippen LogP contribution in [-0.2, 0) is 11.2 Å². The second-order valence-electron chi connectivity index (χ2n) is 8.92. The molecule has 2 aromatic rings. The highest BCUT2D eigenvalue weighted by atomic mass is 32.1. The predicted octanol–water partition coefficient (Wildman–Crippen LogP) is 3.00. The molecular weight excluding hydrogens is 420 g/mol. The summed E-state index contributed by atoms with van der Waals surface area (Å²) in [5, 5.41) is 11.3. The van der Waals surface area contributed by atoms with Crippen molar-refractivity contribution in [3.63, 3.8) is 0 Å². The zero-order valence-electron chi connectivity index (χ0n) is 19.1. The number of carbonyl (C=O) groups excluding carboxylic acids is 1. The average molecular weight is 457 g/mol. The van der Waals surface area contributed by atoms with E-state index in [1.165, 1.54) is 11.3 Å². The summed E-state index contributed by atoms with van der Waals surface area (Å²) in [6.07, 6.45) is 3.40. The molecule has 1 aromatic heterocycles. The van der Waals surface area contributed by atoms with Crippen LogP contribution >= 0.6 is 11.3 Å². The van der Waals surface area contributed by atoms with Crippen LogP contribution in [0.1, 0.15) is 35.7 Å². The Morgan fingerprint density at radius 1 is 1.12 bits per heavy atom. The first-order valence-electron chi connectivity index (χ1n) is 11.9. The van der Waals surface area contributed by atoms with Crippen molar-refractivity contribution in [1.82, 2.24) is 15.5 Å². The van der Waals surface area contributed by atoms with Crippen LogP contribution in [0, 0.1) is 0 Å². The minimum Gasteiger partial charge on any atom is -0.379 e. The molecule has 3 heterocycles. The lowest BCUT2D eigenvalue weighted by Gasteiger charge is -2.35. The van der Waals surface area contributed by atoms with E-state index in [9.17, 15) is 4.79 Å². The first kappa shape index (κ1) is 23.2. The van der Waals surface area contributed by atoms with Gasteiger partial charge in [-0.2, -0.15) is 11.3 Å². The summed E-state index contributed by atoms with van der Waals surface area (Å²) >= 11 is 1.77. The quantitative estimate of drug-likeness (QED) is 0.608. The number of hydrogen-bond acceptors (Lipinski definition) is 6. The van der Waals surface area contributed by atoms with Crippen molar-refractivity contribution in [3.8, 4) is 0 Å². The summed E-state index contributed by atoms with van der Waals surface area (Å²) in [7, 11) is 0. The maximum atomic E-state index is 12.5. The minimum atomic E-state index is 0.00678. The largest absolute Gasteiger partial charge is 0.379 e. The van der Waals surface area contributed by atoms with Crippen LogP contribution in [0.4, 0.5) is 5.69 Å². The Labute approximate surface area is 195 Å². The molecule has 1 atom stereocenters. The number of nitrogens with one attached hydrogen (secondary N) is 2. The molecule has 32 heavy (non-hydrogen) atoms. The lowest BCUT2D eigenvalue weighted by atomic mass is 10.0. The van der Waals surface area contributed by atoms with E-state index in [1.54, 1.807) is 11.3 Å². The SMILES string of the molecule is CC(Cc1ccsc1)NC1CCN(c2ccc(C(=O)NCCN3CCOCC3)cc2)CC1. The molecule has 0 bridgehead atoms. The Balaban J connectivity index is 1.17. The standard InChI is InChI=1S/C25H36N4O2S/c1-20(18-21-8-17-32-19-21)27-23-6-10-29(11-7-23)24-4-2-22(3-5-24)25(30)26-9-12-28-13-15-31-16-14-28/h2-5,8,17,19-20,23,27H,6-7,9-16,18H2,1H3,(H,26,30). The van der Waals surface area contributed by atoms with Gasteiger partial charge in [0.15, 0.2) is 0 Å². The van der Waals surface area contributed by atoms with Crippen LogP contribution in [0.3, 0.4) is 0 Å². The van der Waals surface area contributed by atoms with Crippen molar-refractivity contribution in [2.75, 3.05) is 57.4 Å². The van der Waals surface area contributed by atoms with Crippen molar-refractivity contribution in [2.45, 2.75) is 38.3 Å². The van der Waals surface area contributed by atoms with Gasteiger partial charge in [0.1, 0.15) is 0 Å². The topological polar surface area (TPSA) is 56.8 Å². The number of thiophene rings is 1. The van der Waals surface area contributed by atoms with Crippen molar-refractivity contribution < 1.29 is 9.53 Å². The molecule has 0 aliphatic carbocycles. The zero-order valence-corrected chi connectivity index (χ0v) is 19.9. The predicted molar refractivity (Wildman–Crippen MR) is 132 cm³/mol. The fraction of sp³-hybridized carbons (Fsp3) is 0.560. The average Bonchev–Trinajstić information content (AvgIpc) is 3.33. The summed E-state index contributed by atoms with van der Waals surface area (Å²) in [6.45, 7) is 9.41. The molecular formula is C25H36N4O2S. The van der Waals surface area contributed by atoms with Gasteiger partial charge in [-0.1, -0.05) is 0 Å². The fourth-order valence-corrected chi connectivity index (χ4v) is 5.29. The van der Waals surface area contributed by atoms with Crippen LogP contribution < -0.4 is 15.5 Å². The molecule has 4 rings (SSSR count). The number of carbonyl (C=O) groups is 1. The number of ether oxygens (including phenoxy) is 1. The van der Waals surface area contributed by atoms with Gasteiger partial charge >= 0.3 is 0 Å². The maximum Gasteiger partial charge on any atom is 0.251 e. The lowest BCUT2D eigenvalue weighted by Crippen LogP contribution is -2.46. The summed E-state index contributed by atoms with van der Waals surface area (Å²) in [6, 6.07) is 11.4.